The molecule has 1 aromatic rings. The zero-order chi connectivity index (χ0) is 15.1. The van der Waals surface area contributed by atoms with E-state index in [1.165, 1.54) is 0 Å². The summed E-state index contributed by atoms with van der Waals surface area (Å²) in [5, 5.41) is 14.1. The van der Waals surface area contributed by atoms with Crippen molar-refractivity contribution in [3.8, 4) is 0 Å². The lowest BCUT2D eigenvalue weighted by Crippen LogP contribution is -2.35. The number of oxime groups is 1. The third-order valence-electron chi connectivity index (χ3n) is 3.58. The highest BCUT2D eigenvalue weighted by molar-refractivity contribution is 6.01. The molecule has 0 spiro atoms. The monoisotopic (exact) mass is 288 g/mol. The van der Waals surface area contributed by atoms with E-state index in [1.54, 1.807) is 0 Å². The van der Waals surface area contributed by atoms with Gasteiger partial charge in [0.15, 0.2) is 0 Å². The van der Waals surface area contributed by atoms with Gasteiger partial charge in [0.1, 0.15) is 6.10 Å². The molecule has 0 fully saturated rings. The van der Waals surface area contributed by atoms with Gasteiger partial charge in [-0.05, 0) is 25.5 Å². The molecule has 1 heterocycles. The Labute approximate surface area is 126 Å². The van der Waals surface area contributed by atoms with Crippen LogP contribution >= 0.6 is 0 Å². The average molecular weight is 288 g/mol. The van der Waals surface area contributed by atoms with Crippen LogP contribution in [0.5, 0.6) is 0 Å². The quantitative estimate of drug-likeness (QED) is 0.747. The standard InChI is InChI=1S/C17H24N2O2/c1-3-4-10-15(20)12-19(2)13-16-11-17(18-21-16)14-8-6-5-7-9-14/h3,5-9,15-16,20H,1,4,10-13H2,2H3/t15-,16-/m0/s1. The minimum atomic E-state index is -0.316. The molecule has 0 radical (unpaired) electrons. The molecule has 1 aromatic carbocycles. The van der Waals surface area contributed by atoms with Gasteiger partial charge in [0.25, 0.3) is 0 Å². The smallest absolute Gasteiger partial charge is 0.145 e. The third-order valence-corrected chi connectivity index (χ3v) is 3.58. The van der Waals surface area contributed by atoms with Crippen molar-refractivity contribution in [3.63, 3.8) is 0 Å². The van der Waals surface area contributed by atoms with Crippen LogP contribution in [0.25, 0.3) is 0 Å². The fourth-order valence-electron chi connectivity index (χ4n) is 2.51. The van der Waals surface area contributed by atoms with Gasteiger partial charge in [-0.25, -0.2) is 0 Å². The molecule has 0 amide bonds. The molecule has 1 aliphatic heterocycles. The van der Waals surface area contributed by atoms with Gasteiger partial charge in [-0.2, -0.15) is 0 Å². The van der Waals surface area contributed by atoms with Crippen LogP contribution < -0.4 is 0 Å². The highest BCUT2D eigenvalue weighted by atomic mass is 16.6. The van der Waals surface area contributed by atoms with Crippen molar-refractivity contribution in [2.24, 2.45) is 5.16 Å². The SMILES string of the molecule is C=CCC[C@H](O)CN(C)C[C@@H]1CC(c2ccccc2)=NO1. The van der Waals surface area contributed by atoms with E-state index in [2.05, 4.69) is 16.6 Å². The fourth-order valence-corrected chi connectivity index (χ4v) is 2.51. The molecule has 21 heavy (non-hydrogen) atoms. The van der Waals surface area contributed by atoms with E-state index >= 15 is 0 Å². The predicted octanol–water partition coefficient (Wildman–Crippen LogP) is 2.44. The van der Waals surface area contributed by atoms with Crippen LogP contribution in [0.3, 0.4) is 0 Å². The van der Waals surface area contributed by atoms with Crippen LogP contribution in [0.1, 0.15) is 24.8 Å². The summed E-state index contributed by atoms with van der Waals surface area (Å²) >= 11 is 0. The molecule has 0 saturated heterocycles. The molecule has 4 heteroatoms. The maximum atomic E-state index is 9.90. The van der Waals surface area contributed by atoms with Crippen LogP contribution in [0.2, 0.25) is 0 Å². The van der Waals surface area contributed by atoms with Crippen LogP contribution in [0.4, 0.5) is 0 Å². The summed E-state index contributed by atoms with van der Waals surface area (Å²) in [6.45, 7) is 5.09. The van der Waals surface area contributed by atoms with Crippen LogP contribution in [-0.4, -0.2) is 48.1 Å². The number of aliphatic hydroxyl groups excluding tert-OH is 1. The van der Waals surface area contributed by atoms with Gasteiger partial charge in [0.2, 0.25) is 0 Å². The minimum absolute atomic E-state index is 0.0665. The largest absolute Gasteiger partial charge is 0.392 e. The zero-order valence-corrected chi connectivity index (χ0v) is 12.6. The molecule has 0 aromatic heterocycles. The Morgan fingerprint density at radius 1 is 1.48 bits per heavy atom. The Balaban J connectivity index is 1.75. The summed E-state index contributed by atoms with van der Waals surface area (Å²) in [5.41, 5.74) is 2.12. The number of likely N-dealkylation sites (N-methyl/N-ethyl adjacent to an activating group) is 1. The fraction of sp³-hybridized carbons (Fsp3) is 0.471. The minimum Gasteiger partial charge on any atom is -0.392 e. The molecular weight excluding hydrogens is 264 g/mol. The third kappa shape index (κ3) is 4.99. The molecule has 2 rings (SSSR count). The predicted molar refractivity (Wildman–Crippen MR) is 85.4 cm³/mol. The first-order valence-corrected chi connectivity index (χ1v) is 7.44. The summed E-state index contributed by atoms with van der Waals surface area (Å²) in [4.78, 5) is 7.60. The molecule has 114 valence electrons. The lowest BCUT2D eigenvalue weighted by molar-refractivity contribution is 0.0430. The molecule has 1 aliphatic rings. The van der Waals surface area contributed by atoms with E-state index in [0.29, 0.717) is 6.54 Å². The van der Waals surface area contributed by atoms with Crippen molar-refractivity contribution >= 4 is 5.71 Å². The Hall–Kier alpha value is -1.65. The maximum absolute atomic E-state index is 9.90. The number of nitrogens with zero attached hydrogens (tertiary/aromatic N) is 2. The van der Waals surface area contributed by atoms with Crippen molar-refractivity contribution in [1.29, 1.82) is 0 Å². The molecule has 0 bridgehead atoms. The highest BCUT2D eigenvalue weighted by Crippen LogP contribution is 2.17. The van der Waals surface area contributed by atoms with Crippen LogP contribution in [-0.2, 0) is 4.84 Å². The lowest BCUT2D eigenvalue weighted by Gasteiger charge is -2.22. The van der Waals surface area contributed by atoms with Crippen molar-refractivity contribution in [2.75, 3.05) is 20.1 Å². The number of hydrogen-bond acceptors (Lipinski definition) is 4. The number of hydrogen-bond donors (Lipinski definition) is 1. The van der Waals surface area contributed by atoms with E-state index in [4.69, 9.17) is 4.84 Å². The first-order chi connectivity index (χ1) is 10.2. The van der Waals surface area contributed by atoms with E-state index in [-0.39, 0.29) is 12.2 Å². The van der Waals surface area contributed by atoms with E-state index in [0.717, 1.165) is 37.1 Å². The van der Waals surface area contributed by atoms with Gasteiger partial charge < -0.3 is 14.8 Å². The topological polar surface area (TPSA) is 45.1 Å². The van der Waals surface area contributed by atoms with Crippen molar-refractivity contribution in [2.45, 2.75) is 31.5 Å². The average Bonchev–Trinajstić information content (AvgIpc) is 2.94. The molecule has 4 nitrogen and oxygen atoms in total. The molecule has 1 N–H and O–H groups in total. The number of rotatable bonds is 8. The number of aliphatic hydroxyl groups is 1. The second-order valence-corrected chi connectivity index (χ2v) is 5.58. The Kier molecular flexibility index (Phi) is 5.96. The Morgan fingerprint density at radius 3 is 2.95 bits per heavy atom. The molecule has 2 atom stereocenters. The summed E-state index contributed by atoms with van der Waals surface area (Å²) in [6, 6.07) is 10.1. The number of allylic oxidation sites excluding steroid dienone is 1. The summed E-state index contributed by atoms with van der Waals surface area (Å²) < 4.78 is 0. The normalized spacial score (nSPS) is 19.2. The van der Waals surface area contributed by atoms with E-state index in [1.807, 2.05) is 43.5 Å². The van der Waals surface area contributed by atoms with Crippen molar-refractivity contribution < 1.29 is 9.94 Å². The van der Waals surface area contributed by atoms with Gasteiger partial charge in [-0.1, -0.05) is 41.6 Å². The van der Waals surface area contributed by atoms with Gasteiger partial charge >= 0.3 is 0 Å². The van der Waals surface area contributed by atoms with Crippen LogP contribution in [0.15, 0.2) is 48.1 Å². The number of benzene rings is 1. The zero-order valence-electron chi connectivity index (χ0n) is 12.6. The van der Waals surface area contributed by atoms with Crippen molar-refractivity contribution in [1.82, 2.24) is 4.90 Å². The van der Waals surface area contributed by atoms with Gasteiger partial charge in [-0.15, -0.1) is 6.58 Å². The van der Waals surface area contributed by atoms with Gasteiger partial charge in [0.05, 0.1) is 11.8 Å². The van der Waals surface area contributed by atoms with Gasteiger partial charge in [0, 0.05) is 19.5 Å². The van der Waals surface area contributed by atoms with Crippen LogP contribution in [0, 0.1) is 0 Å². The van der Waals surface area contributed by atoms with Crippen molar-refractivity contribution in [3.05, 3.63) is 48.6 Å². The first-order valence-electron chi connectivity index (χ1n) is 7.44. The van der Waals surface area contributed by atoms with E-state index in [9.17, 15) is 5.11 Å². The molecule has 0 aliphatic carbocycles. The first kappa shape index (κ1) is 15.7. The molecule has 0 saturated carbocycles. The lowest BCUT2D eigenvalue weighted by atomic mass is 10.0. The summed E-state index contributed by atoms with van der Waals surface area (Å²) in [5.74, 6) is 0. The van der Waals surface area contributed by atoms with E-state index < -0.39 is 0 Å². The second-order valence-electron chi connectivity index (χ2n) is 5.58. The van der Waals surface area contributed by atoms with Gasteiger partial charge in [-0.3, -0.25) is 0 Å². The summed E-state index contributed by atoms with van der Waals surface area (Å²) in [6.07, 6.45) is 4.00. The Bertz CT molecular complexity index is 473. The Morgan fingerprint density at radius 2 is 2.24 bits per heavy atom. The summed E-state index contributed by atoms with van der Waals surface area (Å²) in [7, 11) is 2.00. The molecular formula is C17H24N2O2. The maximum Gasteiger partial charge on any atom is 0.145 e. The molecule has 0 unspecified atom stereocenters. The second kappa shape index (κ2) is 7.96. The highest BCUT2D eigenvalue weighted by Gasteiger charge is 2.23.